The van der Waals surface area contributed by atoms with Gasteiger partial charge in [-0.3, -0.25) is 9.59 Å². The molecular weight excluding hydrogens is 659 g/mol. The van der Waals surface area contributed by atoms with Gasteiger partial charge in [-0.25, -0.2) is 13.6 Å². The van der Waals surface area contributed by atoms with E-state index in [-0.39, 0.29) is 82.5 Å². The van der Waals surface area contributed by atoms with Gasteiger partial charge in [0.25, 0.3) is 11.8 Å². The quantitative estimate of drug-likeness (QED) is 0.174. The summed E-state index contributed by atoms with van der Waals surface area (Å²) >= 11 is 0. The van der Waals surface area contributed by atoms with Crippen LogP contribution in [0.4, 0.5) is 8.78 Å². The van der Waals surface area contributed by atoms with Gasteiger partial charge in [0.15, 0.2) is 0 Å². The van der Waals surface area contributed by atoms with Crippen molar-refractivity contribution in [2.24, 2.45) is 0 Å². The smallest absolute Gasteiger partial charge is 1.00 e. The van der Waals surface area contributed by atoms with Gasteiger partial charge in [-0.1, -0.05) is 54.6 Å². The normalized spacial score (nSPS) is 15.8. The Balaban J connectivity index is 0.000000294. The van der Waals surface area contributed by atoms with Crippen LogP contribution in [0, 0.1) is 19.1 Å². The van der Waals surface area contributed by atoms with Crippen LogP contribution < -0.4 is 27.6 Å². The van der Waals surface area contributed by atoms with E-state index in [1.807, 2.05) is 12.1 Å². The van der Waals surface area contributed by atoms with Crippen LogP contribution in [0.5, 0.6) is 0 Å². The fraction of sp³-hybridized carbons (Fsp3) is 0.176. The number of aliphatic hydroxyl groups is 1. The van der Waals surface area contributed by atoms with E-state index < -0.39 is 17.6 Å². The number of halogens is 3. The van der Waals surface area contributed by atoms with E-state index in [2.05, 4.69) is 10.6 Å². The Morgan fingerprint density at radius 3 is 1.62 bits per heavy atom. The molecule has 0 spiro atoms. The first-order chi connectivity index (χ1) is 20.0. The molecule has 2 amide bonds. The zero-order chi connectivity index (χ0) is 30.2. The van der Waals surface area contributed by atoms with Gasteiger partial charge in [0.05, 0.1) is 41.5 Å². The van der Waals surface area contributed by atoms with Gasteiger partial charge in [-0.05, 0) is 72.0 Å². The molecule has 0 saturated heterocycles. The van der Waals surface area contributed by atoms with E-state index in [0.717, 1.165) is 16.7 Å². The van der Waals surface area contributed by atoms with Crippen LogP contribution in [0.25, 0.3) is 0 Å². The zero-order valence-electron chi connectivity index (χ0n) is 25.2. The van der Waals surface area contributed by atoms with Gasteiger partial charge in [0, 0.05) is 0 Å². The third-order valence-electron chi connectivity index (χ3n) is 7.29. The van der Waals surface area contributed by atoms with Crippen molar-refractivity contribution in [3.63, 3.8) is 0 Å². The van der Waals surface area contributed by atoms with E-state index in [9.17, 15) is 28.3 Å². The van der Waals surface area contributed by atoms with Crippen molar-refractivity contribution in [2.45, 2.75) is 31.5 Å². The number of carbonyl (C=O) groups is 3. The summed E-state index contributed by atoms with van der Waals surface area (Å²) in [7, 11) is 1.27. The Kier molecular flexibility index (Phi) is 12.6. The first-order valence-corrected chi connectivity index (χ1v) is 13.2. The van der Waals surface area contributed by atoms with Gasteiger partial charge < -0.3 is 44.9 Å². The molecule has 6 rings (SSSR count). The van der Waals surface area contributed by atoms with Crippen molar-refractivity contribution < 1.29 is 50.0 Å². The van der Waals surface area contributed by atoms with E-state index in [4.69, 9.17) is 4.74 Å². The molecule has 0 aromatic heterocycles. The molecule has 230 valence electrons. The summed E-state index contributed by atoms with van der Waals surface area (Å²) in [5.41, 5.74) is 3.64. The van der Waals surface area contributed by atoms with Crippen molar-refractivity contribution in [2.75, 3.05) is 7.11 Å². The standard InChI is InChI=1S/C17H16FNO2.C16H12FNO3.CH3.BrH.Mg/c1-17(2,21)13-5-3-4-12-14(13)16(20)19-15(12)10-6-8-11(18)9-7-10;1-21-16(20)12-4-2-3-11-13(12)15(19)18-14(11)9-5-7-10(17)8-6-9;;;/h3-9,15,21H,1-2H3,(H,19,20);2-8,14H,1H3,(H,18,19);1H3;1H;/q;;-1;;+2/p-1. The number of nitrogens with one attached hydrogen (secondary N) is 2. The monoisotopic (exact) mass is 688 g/mol. The van der Waals surface area contributed by atoms with Crippen molar-refractivity contribution in [3.8, 4) is 0 Å². The van der Waals surface area contributed by atoms with Gasteiger partial charge in [0.1, 0.15) is 11.6 Å². The minimum atomic E-state index is -1.10. The number of fused-ring (bicyclic) bond motifs is 2. The largest absolute Gasteiger partial charge is 2.00 e. The SMILES string of the molecule is CC(C)(O)c1cccc2c1C(=O)NC2c1ccc(F)cc1.COC(=O)c1cccc2c1C(=O)NC2c1ccc(F)cc1.[Br-].[CH3-].[Mg+2]. The molecule has 2 aliphatic heterocycles. The molecule has 2 unspecified atom stereocenters. The van der Waals surface area contributed by atoms with Crippen LogP contribution in [0.1, 0.15) is 84.8 Å². The van der Waals surface area contributed by atoms with Gasteiger partial charge >= 0.3 is 29.0 Å². The van der Waals surface area contributed by atoms with E-state index in [0.29, 0.717) is 22.3 Å². The molecule has 11 heteroatoms. The summed E-state index contributed by atoms with van der Waals surface area (Å²) in [6.45, 7) is 3.31. The number of rotatable bonds is 4. The molecule has 0 fully saturated rings. The van der Waals surface area contributed by atoms with Crippen LogP contribution in [0.3, 0.4) is 0 Å². The third-order valence-corrected chi connectivity index (χ3v) is 7.29. The maximum absolute atomic E-state index is 13.0. The van der Waals surface area contributed by atoms with Crippen LogP contribution in [0.2, 0.25) is 0 Å². The second kappa shape index (κ2) is 15.1. The van der Waals surface area contributed by atoms with Crippen LogP contribution >= 0.6 is 0 Å². The number of hydrogen-bond acceptors (Lipinski definition) is 5. The molecule has 2 heterocycles. The second-order valence-corrected chi connectivity index (χ2v) is 10.5. The first-order valence-electron chi connectivity index (χ1n) is 13.2. The molecular formula is C34H31BrF2MgN2O5. The first kappa shape index (κ1) is 37.5. The summed E-state index contributed by atoms with van der Waals surface area (Å²) < 4.78 is 30.8. The molecule has 0 aliphatic carbocycles. The molecule has 4 aromatic carbocycles. The second-order valence-electron chi connectivity index (χ2n) is 10.5. The number of benzene rings is 4. The summed E-state index contributed by atoms with van der Waals surface area (Å²) in [6, 6.07) is 21.7. The maximum atomic E-state index is 13.0. The average molecular weight is 690 g/mol. The maximum Gasteiger partial charge on any atom is 2.00 e. The minimum absolute atomic E-state index is 0. The molecule has 7 nitrogen and oxygen atoms in total. The number of hydrogen-bond donors (Lipinski definition) is 3. The Bertz CT molecular complexity index is 1690. The third kappa shape index (κ3) is 7.61. The Morgan fingerprint density at radius 1 is 0.756 bits per heavy atom. The fourth-order valence-electron chi connectivity index (χ4n) is 5.32. The molecule has 2 aliphatic rings. The Morgan fingerprint density at radius 2 is 1.18 bits per heavy atom. The minimum Gasteiger partial charge on any atom is -1.00 e. The topological polar surface area (TPSA) is 105 Å². The Hall–Kier alpha value is -3.64. The summed E-state index contributed by atoms with van der Waals surface area (Å²) in [6.07, 6.45) is 0. The number of esters is 1. The van der Waals surface area contributed by atoms with E-state index in [1.54, 1.807) is 62.4 Å². The predicted molar refractivity (Wildman–Crippen MR) is 163 cm³/mol. The molecule has 0 bridgehead atoms. The van der Waals surface area contributed by atoms with Crippen molar-refractivity contribution in [1.82, 2.24) is 10.6 Å². The predicted octanol–water partition coefficient (Wildman–Crippen LogP) is 2.40. The molecule has 4 aromatic rings. The van der Waals surface area contributed by atoms with Crippen LogP contribution in [-0.4, -0.2) is 53.1 Å². The van der Waals surface area contributed by atoms with Crippen molar-refractivity contribution in [1.29, 1.82) is 0 Å². The number of ether oxygens (including phenoxy) is 1. The summed E-state index contributed by atoms with van der Waals surface area (Å²) in [5.74, 6) is -1.75. The number of methoxy groups -OCH3 is 1. The molecule has 3 N–H and O–H groups in total. The van der Waals surface area contributed by atoms with Gasteiger partial charge in [-0.15, -0.1) is 0 Å². The van der Waals surface area contributed by atoms with Gasteiger partial charge in [0.2, 0.25) is 0 Å². The zero-order valence-corrected chi connectivity index (χ0v) is 28.2. The number of amides is 2. The molecule has 0 radical (unpaired) electrons. The van der Waals surface area contributed by atoms with Gasteiger partial charge in [-0.2, -0.15) is 0 Å². The number of carbonyl (C=O) groups excluding carboxylic acids is 3. The van der Waals surface area contributed by atoms with Crippen LogP contribution in [-0.2, 0) is 10.3 Å². The van der Waals surface area contributed by atoms with Crippen LogP contribution in [0.15, 0.2) is 84.9 Å². The molecule has 0 saturated carbocycles. The molecule has 2 atom stereocenters. The fourth-order valence-corrected chi connectivity index (χ4v) is 5.32. The van der Waals surface area contributed by atoms with E-state index >= 15 is 0 Å². The van der Waals surface area contributed by atoms with Crippen molar-refractivity contribution >= 4 is 40.8 Å². The van der Waals surface area contributed by atoms with Crippen molar-refractivity contribution in [3.05, 3.63) is 148 Å². The van der Waals surface area contributed by atoms with E-state index in [1.165, 1.54) is 31.4 Å². The summed E-state index contributed by atoms with van der Waals surface area (Å²) in [4.78, 5) is 36.2. The Labute approximate surface area is 287 Å². The molecule has 45 heavy (non-hydrogen) atoms. The average Bonchev–Trinajstić information content (AvgIpc) is 3.50. The summed E-state index contributed by atoms with van der Waals surface area (Å²) in [5, 5.41) is 15.9.